The Morgan fingerprint density at radius 1 is 0.964 bits per heavy atom. The third kappa shape index (κ3) is 3.41. The first-order valence-electron chi connectivity index (χ1n) is 8.97. The molecule has 1 amide bonds. The molecule has 0 aliphatic carbocycles. The van der Waals surface area contributed by atoms with Crippen LogP contribution in [0.4, 0.5) is 0 Å². The van der Waals surface area contributed by atoms with Crippen LogP contribution in [0.25, 0.3) is 21.8 Å². The minimum Gasteiger partial charge on any atom is -0.334 e. The predicted octanol–water partition coefficient (Wildman–Crippen LogP) is 4.72. The Hall–Kier alpha value is -3.05. The highest BCUT2D eigenvalue weighted by Crippen LogP contribution is 2.22. The van der Waals surface area contributed by atoms with Crippen molar-refractivity contribution in [3.8, 4) is 0 Å². The molecular formula is C22H19ClN4O. The number of rotatable bonds is 3. The molecule has 140 valence electrons. The van der Waals surface area contributed by atoms with Gasteiger partial charge in [-0.05, 0) is 44.2 Å². The van der Waals surface area contributed by atoms with E-state index in [-0.39, 0.29) is 5.91 Å². The molecule has 0 aliphatic rings. The zero-order valence-electron chi connectivity index (χ0n) is 15.9. The summed E-state index contributed by atoms with van der Waals surface area (Å²) in [6.07, 6.45) is 0. The number of hydrogen-bond acceptors (Lipinski definition) is 4. The van der Waals surface area contributed by atoms with Crippen molar-refractivity contribution < 1.29 is 4.79 Å². The second-order valence-corrected chi connectivity index (χ2v) is 7.30. The van der Waals surface area contributed by atoms with Crippen LogP contribution >= 0.6 is 11.6 Å². The van der Waals surface area contributed by atoms with E-state index in [1.165, 1.54) is 0 Å². The Bertz CT molecular complexity index is 1220. The molecule has 2 aromatic carbocycles. The average Bonchev–Trinajstić information content (AvgIpc) is 2.67. The van der Waals surface area contributed by atoms with E-state index in [0.29, 0.717) is 28.6 Å². The van der Waals surface area contributed by atoms with Crippen molar-refractivity contribution in [3.63, 3.8) is 0 Å². The minimum atomic E-state index is -0.124. The highest BCUT2D eigenvalue weighted by Gasteiger charge is 2.18. The van der Waals surface area contributed by atoms with Gasteiger partial charge in [-0.1, -0.05) is 29.8 Å². The van der Waals surface area contributed by atoms with Gasteiger partial charge in [-0.3, -0.25) is 9.78 Å². The summed E-state index contributed by atoms with van der Waals surface area (Å²) in [5.74, 6) is 0.489. The van der Waals surface area contributed by atoms with Gasteiger partial charge < -0.3 is 4.90 Å². The van der Waals surface area contributed by atoms with E-state index >= 15 is 0 Å². The number of amides is 1. The van der Waals surface area contributed by atoms with Crippen molar-refractivity contribution in [1.82, 2.24) is 19.9 Å². The maximum Gasteiger partial charge on any atom is 0.255 e. The SMILES string of the molecule is Cc1nc2ccc(Cl)cc2cc1C(=O)N(C)Cc1nc(C)c2ccccc2n1. The Kier molecular flexibility index (Phi) is 4.69. The first-order chi connectivity index (χ1) is 13.4. The van der Waals surface area contributed by atoms with Crippen LogP contribution in [0.3, 0.4) is 0 Å². The average molecular weight is 391 g/mol. The standard InChI is InChI=1S/C22H19ClN4O/c1-13-17-6-4-5-7-20(17)26-21(25-13)12-27(3)22(28)18-11-15-10-16(23)8-9-19(15)24-14(18)2/h4-11H,12H2,1-3H3. The van der Waals surface area contributed by atoms with Crippen molar-refractivity contribution in [2.75, 3.05) is 7.05 Å². The maximum atomic E-state index is 13.0. The van der Waals surface area contributed by atoms with E-state index in [2.05, 4.69) is 15.0 Å². The fraction of sp³-hybridized carbons (Fsp3) is 0.182. The fourth-order valence-electron chi connectivity index (χ4n) is 3.32. The number of aryl methyl sites for hydroxylation is 2. The number of benzene rings is 2. The number of carbonyl (C=O) groups excluding carboxylic acids is 1. The van der Waals surface area contributed by atoms with E-state index in [4.69, 9.17) is 11.6 Å². The van der Waals surface area contributed by atoms with Gasteiger partial charge in [0.05, 0.1) is 28.8 Å². The van der Waals surface area contributed by atoms with E-state index in [1.54, 1.807) is 18.0 Å². The van der Waals surface area contributed by atoms with Gasteiger partial charge in [0.2, 0.25) is 0 Å². The second-order valence-electron chi connectivity index (χ2n) is 6.86. The molecule has 0 unspecified atom stereocenters. The molecule has 4 rings (SSSR count). The van der Waals surface area contributed by atoms with Gasteiger partial charge in [0, 0.05) is 28.5 Å². The molecule has 0 spiro atoms. The van der Waals surface area contributed by atoms with Crippen LogP contribution in [0.15, 0.2) is 48.5 Å². The molecule has 0 saturated carbocycles. The molecule has 0 bridgehead atoms. The van der Waals surface area contributed by atoms with Crippen LogP contribution in [-0.2, 0) is 6.54 Å². The fourth-order valence-corrected chi connectivity index (χ4v) is 3.50. The lowest BCUT2D eigenvalue weighted by atomic mass is 10.1. The van der Waals surface area contributed by atoms with Gasteiger partial charge in [0.25, 0.3) is 5.91 Å². The summed E-state index contributed by atoms with van der Waals surface area (Å²) in [4.78, 5) is 28.4. The zero-order valence-corrected chi connectivity index (χ0v) is 16.7. The Morgan fingerprint density at radius 2 is 1.75 bits per heavy atom. The molecule has 0 atom stereocenters. The molecule has 0 aliphatic heterocycles. The van der Waals surface area contributed by atoms with Crippen LogP contribution in [-0.4, -0.2) is 32.8 Å². The zero-order chi connectivity index (χ0) is 19.8. The topological polar surface area (TPSA) is 59.0 Å². The van der Waals surface area contributed by atoms with E-state index < -0.39 is 0 Å². The Balaban J connectivity index is 1.65. The normalized spacial score (nSPS) is 11.1. The molecule has 5 nitrogen and oxygen atoms in total. The first-order valence-corrected chi connectivity index (χ1v) is 9.35. The number of fused-ring (bicyclic) bond motifs is 2. The summed E-state index contributed by atoms with van der Waals surface area (Å²) in [5.41, 5.74) is 3.83. The van der Waals surface area contributed by atoms with Crippen LogP contribution < -0.4 is 0 Å². The summed E-state index contributed by atoms with van der Waals surface area (Å²) < 4.78 is 0. The van der Waals surface area contributed by atoms with Crippen LogP contribution in [0.5, 0.6) is 0 Å². The summed E-state index contributed by atoms with van der Waals surface area (Å²) in [7, 11) is 1.75. The molecule has 0 saturated heterocycles. The number of pyridine rings is 1. The summed E-state index contributed by atoms with van der Waals surface area (Å²) in [6.45, 7) is 4.11. The van der Waals surface area contributed by atoms with Crippen molar-refractivity contribution in [3.05, 3.63) is 76.3 Å². The van der Waals surface area contributed by atoms with E-state index in [1.807, 2.05) is 56.3 Å². The number of carbonyl (C=O) groups is 1. The molecule has 0 N–H and O–H groups in total. The van der Waals surface area contributed by atoms with E-state index in [0.717, 1.165) is 27.5 Å². The lowest BCUT2D eigenvalue weighted by Crippen LogP contribution is -2.28. The maximum absolute atomic E-state index is 13.0. The highest BCUT2D eigenvalue weighted by atomic mass is 35.5. The predicted molar refractivity (Wildman–Crippen MR) is 112 cm³/mol. The molecule has 0 fully saturated rings. The number of aromatic nitrogens is 3. The van der Waals surface area contributed by atoms with Gasteiger partial charge in [0.1, 0.15) is 5.82 Å². The number of hydrogen-bond donors (Lipinski definition) is 0. The molecule has 6 heteroatoms. The van der Waals surface area contributed by atoms with Crippen molar-refractivity contribution in [1.29, 1.82) is 0 Å². The Morgan fingerprint density at radius 3 is 2.57 bits per heavy atom. The second kappa shape index (κ2) is 7.17. The van der Waals surface area contributed by atoms with Gasteiger partial charge in [-0.25, -0.2) is 9.97 Å². The number of halogens is 1. The quantitative estimate of drug-likeness (QED) is 0.507. The third-order valence-corrected chi connectivity index (χ3v) is 5.00. The first kappa shape index (κ1) is 18.3. The molecule has 2 heterocycles. The van der Waals surface area contributed by atoms with Crippen LogP contribution in [0.2, 0.25) is 5.02 Å². The molecule has 2 aromatic heterocycles. The van der Waals surface area contributed by atoms with Gasteiger partial charge in [0.15, 0.2) is 0 Å². The summed E-state index contributed by atoms with van der Waals surface area (Å²) in [6, 6.07) is 15.2. The van der Waals surface area contributed by atoms with Crippen molar-refractivity contribution in [2.24, 2.45) is 0 Å². The Labute approximate surface area is 168 Å². The lowest BCUT2D eigenvalue weighted by molar-refractivity contribution is 0.0780. The summed E-state index contributed by atoms with van der Waals surface area (Å²) >= 11 is 6.08. The third-order valence-electron chi connectivity index (χ3n) is 4.76. The molecular weight excluding hydrogens is 372 g/mol. The largest absolute Gasteiger partial charge is 0.334 e. The van der Waals surface area contributed by atoms with Gasteiger partial charge in [-0.2, -0.15) is 0 Å². The minimum absolute atomic E-state index is 0.124. The van der Waals surface area contributed by atoms with Gasteiger partial charge >= 0.3 is 0 Å². The summed E-state index contributed by atoms with van der Waals surface area (Å²) in [5, 5.41) is 2.48. The van der Waals surface area contributed by atoms with Crippen LogP contribution in [0, 0.1) is 13.8 Å². The highest BCUT2D eigenvalue weighted by molar-refractivity contribution is 6.31. The molecule has 28 heavy (non-hydrogen) atoms. The smallest absolute Gasteiger partial charge is 0.255 e. The van der Waals surface area contributed by atoms with Crippen molar-refractivity contribution in [2.45, 2.75) is 20.4 Å². The van der Waals surface area contributed by atoms with Crippen molar-refractivity contribution >= 4 is 39.3 Å². The molecule has 4 aromatic rings. The monoisotopic (exact) mass is 390 g/mol. The number of para-hydroxylation sites is 1. The van der Waals surface area contributed by atoms with Gasteiger partial charge in [-0.15, -0.1) is 0 Å². The number of nitrogens with zero attached hydrogens (tertiary/aromatic N) is 4. The molecule has 0 radical (unpaired) electrons. The van der Waals surface area contributed by atoms with Crippen LogP contribution in [0.1, 0.15) is 27.6 Å². The lowest BCUT2D eigenvalue weighted by Gasteiger charge is -2.18. The van der Waals surface area contributed by atoms with E-state index in [9.17, 15) is 4.79 Å².